The minimum atomic E-state index is -1.32. The van der Waals surface area contributed by atoms with Gasteiger partial charge in [0.1, 0.15) is 30.2 Å². The molecule has 0 aliphatic carbocycles. The number of hydrogen-bond donors (Lipinski definition) is 5. The predicted molar refractivity (Wildman–Crippen MR) is 71.5 cm³/mol. The zero-order chi connectivity index (χ0) is 15.1. The van der Waals surface area contributed by atoms with Gasteiger partial charge >= 0.3 is 0 Å². The molecule has 2 aromatic heterocycles. The van der Waals surface area contributed by atoms with Crippen molar-refractivity contribution in [2.24, 2.45) is 0 Å². The van der Waals surface area contributed by atoms with E-state index >= 15 is 0 Å². The molecule has 4 atom stereocenters. The maximum Gasteiger partial charge on any atom is 0.254 e. The number of hydrogen-bond acceptors (Lipinski definition) is 9. The number of rotatable bonds is 3. The Morgan fingerprint density at radius 2 is 2.24 bits per heavy atom. The van der Waals surface area contributed by atoms with Crippen LogP contribution in [0.15, 0.2) is 6.33 Å². The van der Waals surface area contributed by atoms with Gasteiger partial charge in [0.15, 0.2) is 10.3 Å². The summed E-state index contributed by atoms with van der Waals surface area (Å²) in [4.78, 5) is 16.0. The van der Waals surface area contributed by atoms with E-state index in [0.717, 1.165) is 0 Å². The van der Waals surface area contributed by atoms with Gasteiger partial charge in [-0.05, 0) is 0 Å². The van der Waals surface area contributed by atoms with Gasteiger partial charge in [-0.3, -0.25) is 0 Å². The molecule has 0 amide bonds. The van der Waals surface area contributed by atoms with Crippen LogP contribution in [-0.2, 0) is 4.74 Å². The first-order chi connectivity index (χ1) is 10.0. The fourth-order valence-corrected chi connectivity index (χ4v) is 2.31. The van der Waals surface area contributed by atoms with E-state index in [1.807, 2.05) is 0 Å². The molecule has 0 saturated carbocycles. The van der Waals surface area contributed by atoms with Gasteiger partial charge in [0, 0.05) is 0 Å². The van der Waals surface area contributed by atoms with Gasteiger partial charge < -0.3 is 35.6 Å². The van der Waals surface area contributed by atoms with Crippen LogP contribution in [0.2, 0.25) is 0 Å². The first-order valence-corrected chi connectivity index (χ1v) is 6.44. The monoisotopic (exact) mass is 315 g/mol. The Morgan fingerprint density at radius 3 is 2.90 bits per heavy atom. The number of nitrogen functional groups attached to an aromatic ring is 1. The summed E-state index contributed by atoms with van der Waals surface area (Å²) in [6, 6.07) is 0. The van der Waals surface area contributed by atoms with Gasteiger partial charge in [-0.15, -0.1) is 0 Å². The number of aromatic nitrogens is 4. The summed E-state index contributed by atoms with van der Waals surface area (Å²) in [5, 5.41) is 28.5. The number of imidazole rings is 1. The number of aromatic amines is 1. The minimum absolute atomic E-state index is 0.0824. The molecule has 3 heterocycles. The fraction of sp³-hybridized carbons (Fsp3) is 0.500. The van der Waals surface area contributed by atoms with Crippen LogP contribution in [0.1, 0.15) is 0 Å². The number of aliphatic hydroxyl groups excluding tert-OH is 3. The Labute approximate surface area is 122 Å². The predicted octanol–water partition coefficient (Wildman–Crippen LogP) is -2.06. The SMILES string of the molecule is Nc1nc(=S)c2ncn(OC3OC(CO)C(O)C3O)c2[nH]1. The van der Waals surface area contributed by atoms with Crippen LogP contribution in [0, 0.1) is 4.64 Å². The number of nitrogens with zero attached hydrogens (tertiary/aromatic N) is 3. The van der Waals surface area contributed by atoms with Crippen molar-refractivity contribution in [1.82, 2.24) is 19.7 Å². The van der Waals surface area contributed by atoms with E-state index < -0.39 is 31.2 Å². The van der Waals surface area contributed by atoms with Gasteiger partial charge in [0.2, 0.25) is 5.95 Å². The smallest absolute Gasteiger partial charge is 0.254 e. The Kier molecular flexibility index (Phi) is 3.51. The second-order valence-electron chi connectivity index (χ2n) is 4.51. The third-order valence-corrected chi connectivity index (χ3v) is 3.41. The van der Waals surface area contributed by atoms with Crippen molar-refractivity contribution in [3.8, 4) is 0 Å². The summed E-state index contributed by atoms with van der Waals surface area (Å²) in [5.41, 5.74) is 6.27. The maximum absolute atomic E-state index is 9.83. The zero-order valence-electron chi connectivity index (χ0n) is 10.6. The first-order valence-electron chi connectivity index (χ1n) is 6.03. The van der Waals surface area contributed by atoms with Crippen molar-refractivity contribution in [3.05, 3.63) is 11.0 Å². The molecule has 0 spiro atoms. The fourth-order valence-electron chi connectivity index (χ4n) is 2.06. The third kappa shape index (κ3) is 2.34. The van der Waals surface area contributed by atoms with E-state index in [9.17, 15) is 10.2 Å². The number of anilines is 1. The minimum Gasteiger partial charge on any atom is -0.394 e. The summed E-state index contributed by atoms with van der Waals surface area (Å²) in [6.07, 6.45) is -3.37. The topological polar surface area (TPSA) is 152 Å². The van der Waals surface area contributed by atoms with Crippen molar-refractivity contribution in [1.29, 1.82) is 0 Å². The molecule has 6 N–H and O–H groups in total. The quantitative estimate of drug-likeness (QED) is 0.402. The molecule has 2 aromatic rings. The van der Waals surface area contributed by atoms with Crippen LogP contribution in [0.3, 0.4) is 0 Å². The van der Waals surface area contributed by atoms with Crippen LogP contribution in [0.5, 0.6) is 0 Å². The second kappa shape index (κ2) is 5.20. The van der Waals surface area contributed by atoms with Crippen molar-refractivity contribution < 1.29 is 24.9 Å². The number of aliphatic hydroxyl groups is 3. The zero-order valence-corrected chi connectivity index (χ0v) is 11.4. The first kappa shape index (κ1) is 14.2. The lowest BCUT2D eigenvalue weighted by Crippen LogP contribution is -2.38. The van der Waals surface area contributed by atoms with Gasteiger partial charge in [0.25, 0.3) is 6.29 Å². The van der Waals surface area contributed by atoms with Crippen LogP contribution in [0.25, 0.3) is 11.2 Å². The summed E-state index contributed by atoms with van der Waals surface area (Å²) >= 11 is 5.02. The summed E-state index contributed by atoms with van der Waals surface area (Å²) < 4.78 is 6.58. The molecule has 21 heavy (non-hydrogen) atoms. The lowest BCUT2D eigenvalue weighted by molar-refractivity contribution is -0.169. The molecule has 0 radical (unpaired) electrons. The van der Waals surface area contributed by atoms with Crippen LogP contribution in [0.4, 0.5) is 5.95 Å². The molecule has 3 rings (SSSR count). The van der Waals surface area contributed by atoms with Crippen LogP contribution in [-0.4, -0.2) is 66.2 Å². The Hall–Kier alpha value is -1.79. The maximum atomic E-state index is 9.83. The molecule has 4 unspecified atom stereocenters. The van der Waals surface area contributed by atoms with Crippen molar-refractivity contribution in [2.75, 3.05) is 12.3 Å². The van der Waals surface area contributed by atoms with Crippen LogP contribution < -0.4 is 10.6 Å². The molecule has 1 aliphatic rings. The molecule has 0 aromatic carbocycles. The van der Waals surface area contributed by atoms with E-state index in [2.05, 4.69) is 15.0 Å². The standard InChI is InChI=1S/C10H13N5O5S/c11-10-13-7-4(8(21)14-10)12-2-15(7)20-9-6(18)5(17)3(1-16)19-9/h2-3,5-6,9,16-18H,1H2,(H3,11,13,14,21). The van der Waals surface area contributed by atoms with Crippen molar-refractivity contribution >= 4 is 29.3 Å². The summed E-state index contributed by atoms with van der Waals surface area (Å²) in [6.45, 7) is -0.442. The molecule has 1 aliphatic heterocycles. The summed E-state index contributed by atoms with van der Waals surface area (Å²) in [7, 11) is 0. The number of nitrogens with two attached hydrogens (primary N) is 1. The lowest BCUT2D eigenvalue weighted by atomic mass is 10.1. The largest absolute Gasteiger partial charge is 0.394 e. The Bertz CT molecular complexity index is 717. The average Bonchev–Trinajstić information content (AvgIpc) is 2.96. The highest BCUT2D eigenvalue weighted by atomic mass is 32.1. The van der Waals surface area contributed by atoms with Crippen LogP contribution >= 0.6 is 12.2 Å². The number of ether oxygens (including phenoxy) is 1. The molecule has 114 valence electrons. The van der Waals surface area contributed by atoms with Gasteiger partial charge in [-0.25, -0.2) is 9.97 Å². The van der Waals surface area contributed by atoms with E-state index in [1.165, 1.54) is 11.1 Å². The van der Waals surface area contributed by atoms with E-state index in [4.69, 9.17) is 32.6 Å². The molecule has 1 saturated heterocycles. The second-order valence-corrected chi connectivity index (χ2v) is 4.89. The molecule has 10 nitrogen and oxygen atoms in total. The number of fused-ring (bicyclic) bond motifs is 1. The highest BCUT2D eigenvalue weighted by Crippen LogP contribution is 2.21. The van der Waals surface area contributed by atoms with E-state index in [1.54, 1.807) is 0 Å². The highest BCUT2D eigenvalue weighted by molar-refractivity contribution is 7.71. The normalized spacial score (nSPS) is 29.1. The van der Waals surface area contributed by atoms with Crippen molar-refractivity contribution in [3.63, 3.8) is 0 Å². The highest BCUT2D eigenvalue weighted by Gasteiger charge is 2.44. The summed E-state index contributed by atoms with van der Waals surface area (Å²) in [5.74, 6) is 0.0824. The Morgan fingerprint density at radius 1 is 1.48 bits per heavy atom. The molecule has 0 bridgehead atoms. The third-order valence-electron chi connectivity index (χ3n) is 3.12. The average molecular weight is 315 g/mol. The van der Waals surface area contributed by atoms with Gasteiger partial charge in [-0.2, -0.15) is 4.73 Å². The van der Waals surface area contributed by atoms with Gasteiger partial charge in [-0.1, -0.05) is 12.2 Å². The number of nitrogens with one attached hydrogen (secondary N) is 1. The van der Waals surface area contributed by atoms with E-state index in [-0.39, 0.29) is 10.6 Å². The molecular weight excluding hydrogens is 302 g/mol. The van der Waals surface area contributed by atoms with Crippen molar-refractivity contribution in [2.45, 2.75) is 24.6 Å². The lowest BCUT2D eigenvalue weighted by Gasteiger charge is -2.16. The molecule has 11 heteroatoms. The number of H-pyrrole nitrogens is 1. The van der Waals surface area contributed by atoms with E-state index in [0.29, 0.717) is 11.2 Å². The molecule has 1 fully saturated rings. The Balaban J connectivity index is 1.91. The molecular formula is C10H13N5O5S. The van der Waals surface area contributed by atoms with Gasteiger partial charge in [0.05, 0.1) is 6.61 Å².